The highest BCUT2D eigenvalue weighted by atomic mass is 15.1. The number of nitrogens with one attached hydrogen (secondary N) is 1. The molecule has 0 saturated carbocycles. The first-order chi connectivity index (χ1) is 10.3. The average Bonchev–Trinajstić information content (AvgIpc) is 2.93. The molecule has 0 saturated heterocycles. The number of hydrogen-bond donors (Lipinski definition) is 1. The Labute approximate surface area is 127 Å². The summed E-state index contributed by atoms with van der Waals surface area (Å²) in [5, 5.41) is 3.52. The van der Waals surface area contributed by atoms with Gasteiger partial charge in [-0.2, -0.15) is 0 Å². The summed E-state index contributed by atoms with van der Waals surface area (Å²) in [5.74, 6) is 0.640. The lowest BCUT2D eigenvalue weighted by Crippen LogP contribution is -2.25. The molecule has 0 bridgehead atoms. The van der Waals surface area contributed by atoms with E-state index in [2.05, 4.69) is 72.6 Å². The van der Waals surface area contributed by atoms with Gasteiger partial charge < -0.3 is 10.2 Å². The van der Waals surface area contributed by atoms with Gasteiger partial charge in [-0.1, -0.05) is 35.9 Å². The van der Waals surface area contributed by atoms with Crippen molar-refractivity contribution in [1.82, 2.24) is 0 Å². The topological polar surface area (TPSA) is 15.3 Å². The molecule has 2 aromatic rings. The Hall–Kier alpha value is -1.96. The van der Waals surface area contributed by atoms with E-state index in [1.165, 1.54) is 28.9 Å². The van der Waals surface area contributed by atoms with Crippen LogP contribution < -0.4 is 10.2 Å². The third-order valence-electron chi connectivity index (χ3n) is 4.47. The van der Waals surface area contributed by atoms with Crippen LogP contribution in [0.3, 0.4) is 0 Å². The van der Waals surface area contributed by atoms with Crippen LogP contribution in [0, 0.1) is 6.92 Å². The van der Waals surface area contributed by atoms with Crippen LogP contribution in [-0.2, 0) is 0 Å². The first-order valence-electron chi connectivity index (χ1n) is 7.92. The molecule has 0 aromatic heterocycles. The van der Waals surface area contributed by atoms with Gasteiger partial charge in [-0.3, -0.25) is 0 Å². The number of para-hydroxylation sites is 1. The maximum Gasteiger partial charge on any atom is 0.0376 e. The molecule has 0 fully saturated rings. The van der Waals surface area contributed by atoms with E-state index in [1.54, 1.807) is 0 Å². The van der Waals surface area contributed by atoms with Gasteiger partial charge in [0.25, 0.3) is 0 Å². The minimum Gasteiger partial charge on any atom is -0.384 e. The molecule has 1 heterocycles. The normalized spacial score (nSPS) is 16.4. The summed E-state index contributed by atoms with van der Waals surface area (Å²) in [6.07, 6.45) is 1.20. The average molecular weight is 280 g/mol. The molecule has 1 aliphatic heterocycles. The zero-order chi connectivity index (χ0) is 14.7. The summed E-state index contributed by atoms with van der Waals surface area (Å²) in [6.45, 7) is 7.62. The van der Waals surface area contributed by atoms with E-state index < -0.39 is 0 Å². The zero-order valence-electron chi connectivity index (χ0n) is 13.0. The molecule has 1 N–H and O–H groups in total. The van der Waals surface area contributed by atoms with Gasteiger partial charge in [-0.05, 0) is 44.0 Å². The molecule has 3 rings (SSSR count). The van der Waals surface area contributed by atoms with E-state index in [4.69, 9.17) is 0 Å². The lowest BCUT2D eigenvalue weighted by molar-refractivity contribution is 0.651. The highest BCUT2D eigenvalue weighted by Gasteiger charge is 2.21. The predicted octanol–water partition coefficient (Wildman–Crippen LogP) is 4.42. The van der Waals surface area contributed by atoms with Crippen LogP contribution in [0.5, 0.6) is 0 Å². The second-order valence-electron chi connectivity index (χ2n) is 5.87. The summed E-state index contributed by atoms with van der Waals surface area (Å²) >= 11 is 0. The quantitative estimate of drug-likeness (QED) is 0.872. The van der Waals surface area contributed by atoms with E-state index in [-0.39, 0.29) is 0 Å². The molecule has 0 radical (unpaired) electrons. The van der Waals surface area contributed by atoms with E-state index in [0.29, 0.717) is 5.92 Å². The maximum atomic E-state index is 3.52. The predicted molar refractivity (Wildman–Crippen MR) is 91.4 cm³/mol. The molecule has 110 valence electrons. The van der Waals surface area contributed by atoms with Crippen LogP contribution in [0.4, 0.5) is 11.4 Å². The number of benzene rings is 2. The van der Waals surface area contributed by atoms with Gasteiger partial charge in [0.15, 0.2) is 0 Å². The smallest absolute Gasteiger partial charge is 0.0376 e. The number of fused-ring (bicyclic) bond motifs is 1. The molecule has 2 nitrogen and oxygen atoms in total. The number of hydrogen-bond acceptors (Lipinski definition) is 2. The number of aryl methyl sites for hydroxylation is 1. The Bertz CT molecular complexity index is 589. The van der Waals surface area contributed by atoms with Gasteiger partial charge in [-0.15, -0.1) is 0 Å². The van der Waals surface area contributed by atoms with Gasteiger partial charge in [0.1, 0.15) is 0 Å². The minimum absolute atomic E-state index is 0.640. The van der Waals surface area contributed by atoms with Gasteiger partial charge in [0.2, 0.25) is 0 Å². The third-order valence-corrected chi connectivity index (χ3v) is 4.47. The van der Waals surface area contributed by atoms with Crippen molar-refractivity contribution in [2.45, 2.75) is 26.2 Å². The Balaban J connectivity index is 1.65. The number of anilines is 2. The molecule has 0 amide bonds. The van der Waals surface area contributed by atoms with Crippen molar-refractivity contribution in [2.24, 2.45) is 0 Å². The molecule has 2 heteroatoms. The third kappa shape index (κ3) is 3.05. The molecular formula is C19H24N2. The number of nitrogens with zero attached hydrogens (tertiary/aromatic N) is 1. The van der Waals surface area contributed by atoms with Crippen molar-refractivity contribution in [3.8, 4) is 0 Å². The van der Waals surface area contributed by atoms with E-state index >= 15 is 0 Å². The van der Waals surface area contributed by atoms with Crippen LogP contribution in [0.1, 0.15) is 30.4 Å². The molecule has 0 aliphatic carbocycles. The van der Waals surface area contributed by atoms with Gasteiger partial charge in [0, 0.05) is 36.9 Å². The Morgan fingerprint density at radius 3 is 2.62 bits per heavy atom. The Morgan fingerprint density at radius 2 is 1.86 bits per heavy atom. The fourth-order valence-corrected chi connectivity index (χ4v) is 3.15. The van der Waals surface area contributed by atoms with Gasteiger partial charge in [0.05, 0.1) is 0 Å². The van der Waals surface area contributed by atoms with Crippen LogP contribution >= 0.6 is 0 Å². The Morgan fingerprint density at radius 1 is 1.10 bits per heavy atom. The van der Waals surface area contributed by atoms with Crippen molar-refractivity contribution < 1.29 is 0 Å². The fourth-order valence-electron chi connectivity index (χ4n) is 3.15. The zero-order valence-corrected chi connectivity index (χ0v) is 13.0. The summed E-state index contributed by atoms with van der Waals surface area (Å²) in [6, 6.07) is 17.6. The highest BCUT2D eigenvalue weighted by molar-refractivity contribution is 5.57. The molecule has 1 atom stereocenters. The summed E-state index contributed by atoms with van der Waals surface area (Å²) in [4.78, 5) is 2.47. The lowest BCUT2D eigenvalue weighted by Gasteiger charge is -2.25. The molecule has 21 heavy (non-hydrogen) atoms. The molecule has 0 spiro atoms. The number of rotatable bonds is 5. The van der Waals surface area contributed by atoms with Crippen molar-refractivity contribution in [1.29, 1.82) is 0 Å². The SMILES string of the molecule is CCN(CCC1CNc2ccccc21)c1ccc(C)cc1. The molecule has 1 unspecified atom stereocenters. The summed E-state index contributed by atoms with van der Waals surface area (Å²) < 4.78 is 0. The highest BCUT2D eigenvalue weighted by Crippen LogP contribution is 2.33. The van der Waals surface area contributed by atoms with Crippen LogP contribution in [0.25, 0.3) is 0 Å². The minimum atomic E-state index is 0.640. The van der Waals surface area contributed by atoms with Crippen molar-refractivity contribution in [3.63, 3.8) is 0 Å². The van der Waals surface area contributed by atoms with Crippen molar-refractivity contribution in [2.75, 3.05) is 29.9 Å². The largest absolute Gasteiger partial charge is 0.384 e. The standard InChI is InChI=1S/C19H24N2/c1-3-21(17-10-8-15(2)9-11-17)13-12-16-14-20-19-7-5-4-6-18(16)19/h4-11,16,20H,3,12-14H2,1-2H3. The van der Waals surface area contributed by atoms with E-state index in [1.807, 2.05) is 0 Å². The lowest BCUT2D eigenvalue weighted by atomic mass is 9.97. The van der Waals surface area contributed by atoms with Gasteiger partial charge >= 0.3 is 0 Å². The first kappa shape index (κ1) is 14.0. The molecular weight excluding hydrogens is 256 g/mol. The monoisotopic (exact) mass is 280 g/mol. The second-order valence-corrected chi connectivity index (χ2v) is 5.87. The summed E-state index contributed by atoms with van der Waals surface area (Å²) in [5.41, 5.74) is 5.46. The van der Waals surface area contributed by atoms with Crippen molar-refractivity contribution in [3.05, 3.63) is 59.7 Å². The van der Waals surface area contributed by atoms with Crippen molar-refractivity contribution >= 4 is 11.4 Å². The maximum absolute atomic E-state index is 3.52. The van der Waals surface area contributed by atoms with Crippen LogP contribution in [-0.4, -0.2) is 19.6 Å². The van der Waals surface area contributed by atoms with E-state index in [0.717, 1.165) is 19.6 Å². The fraction of sp³-hybridized carbons (Fsp3) is 0.368. The second kappa shape index (κ2) is 6.21. The summed E-state index contributed by atoms with van der Waals surface area (Å²) in [7, 11) is 0. The molecule has 1 aliphatic rings. The van der Waals surface area contributed by atoms with Crippen LogP contribution in [0.2, 0.25) is 0 Å². The first-order valence-corrected chi connectivity index (χ1v) is 7.92. The van der Waals surface area contributed by atoms with Crippen LogP contribution in [0.15, 0.2) is 48.5 Å². The van der Waals surface area contributed by atoms with E-state index in [9.17, 15) is 0 Å². The van der Waals surface area contributed by atoms with Gasteiger partial charge in [-0.25, -0.2) is 0 Å². The molecule has 2 aromatic carbocycles. The Kier molecular flexibility index (Phi) is 4.14.